The zero-order valence-corrected chi connectivity index (χ0v) is 12.0. The Morgan fingerprint density at radius 1 is 0.842 bits per heavy atom. The highest BCUT2D eigenvalue weighted by Gasteiger charge is 2.43. The van der Waals surface area contributed by atoms with Gasteiger partial charge in [-0.15, -0.1) is 0 Å². The molecule has 0 amide bonds. The van der Waals surface area contributed by atoms with Crippen molar-refractivity contribution in [2.24, 2.45) is 5.92 Å². The molecule has 0 atom stereocenters. The molecule has 1 aliphatic carbocycles. The van der Waals surface area contributed by atoms with E-state index in [0.717, 1.165) is 11.1 Å². The Kier molecular flexibility index (Phi) is 2.58. The fraction of sp³-hybridized carbons (Fsp3) is 0.333. The minimum absolute atomic E-state index is 0.149. The van der Waals surface area contributed by atoms with Crippen LogP contribution in [0.25, 0.3) is 11.1 Å². The first-order valence-electron chi connectivity index (χ1n) is 6.89. The van der Waals surface area contributed by atoms with Gasteiger partial charge in [-0.2, -0.15) is 0 Å². The van der Waals surface area contributed by atoms with E-state index in [9.17, 15) is 5.11 Å². The van der Waals surface area contributed by atoms with Crippen LogP contribution in [0.5, 0.6) is 0 Å². The molecule has 0 aromatic heterocycles. The maximum Gasteiger partial charge on any atom is 0.118 e. The highest BCUT2D eigenvalue weighted by Crippen LogP contribution is 2.51. The molecule has 0 aliphatic heterocycles. The van der Waals surface area contributed by atoms with Gasteiger partial charge in [-0.05, 0) is 42.0 Å². The molecule has 1 N–H and O–H groups in total. The molecular weight excluding hydrogens is 232 g/mol. The summed E-state index contributed by atoms with van der Waals surface area (Å²) < 4.78 is 0. The van der Waals surface area contributed by atoms with Crippen LogP contribution in [-0.2, 0) is 5.60 Å². The highest BCUT2D eigenvalue weighted by atomic mass is 16.3. The molecule has 19 heavy (non-hydrogen) atoms. The zero-order chi connectivity index (χ0) is 13.8. The van der Waals surface area contributed by atoms with E-state index in [1.54, 1.807) is 0 Å². The summed E-state index contributed by atoms with van der Waals surface area (Å²) in [7, 11) is 0. The van der Waals surface area contributed by atoms with Gasteiger partial charge in [-0.3, -0.25) is 0 Å². The lowest BCUT2D eigenvalue weighted by Gasteiger charge is -2.30. The fourth-order valence-electron chi connectivity index (χ4n) is 3.18. The number of hydrogen-bond acceptors (Lipinski definition) is 1. The number of rotatable bonds is 1. The van der Waals surface area contributed by atoms with Crippen LogP contribution in [-0.4, -0.2) is 5.11 Å². The lowest BCUT2D eigenvalue weighted by Crippen LogP contribution is -2.31. The molecule has 0 radical (unpaired) electrons. The fourth-order valence-corrected chi connectivity index (χ4v) is 3.18. The van der Waals surface area contributed by atoms with Crippen molar-refractivity contribution in [3.05, 3.63) is 58.7 Å². The van der Waals surface area contributed by atoms with E-state index in [1.165, 1.54) is 22.3 Å². The molecular formula is C18H20O. The van der Waals surface area contributed by atoms with Crippen molar-refractivity contribution in [2.45, 2.75) is 33.3 Å². The van der Waals surface area contributed by atoms with Gasteiger partial charge in [0, 0.05) is 0 Å². The number of hydrogen-bond donors (Lipinski definition) is 1. The number of benzene rings is 2. The van der Waals surface area contributed by atoms with Crippen LogP contribution in [0.3, 0.4) is 0 Å². The maximum atomic E-state index is 11.3. The van der Waals surface area contributed by atoms with Gasteiger partial charge in [0.05, 0.1) is 0 Å². The Balaban J connectivity index is 2.39. The van der Waals surface area contributed by atoms with E-state index in [1.807, 2.05) is 0 Å². The van der Waals surface area contributed by atoms with E-state index in [4.69, 9.17) is 0 Å². The van der Waals surface area contributed by atoms with Gasteiger partial charge in [-0.1, -0.05) is 61.4 Å². The molecule has 0 saturated heterocycles. The van der Waals surface area contributed by atoms with Crippen LogP contribution < -0.4 is 0 Å². The molecule has 3 rings (SSSR count). The normalized spacial score (nSPS) is 15.5. The predicted molar refractivity (Wildman–Crippen MR) is 79.2 cm³/mol. The van der Waals surface area contributed by atoms with Crippen LogP contribution in [0, 0.1) is 19.8 Å². The summed E-state index contributed by atoms with van der Waals surface area (Å²) in [6, 6.07) is 12.8. The van der Waals surface area contributed by atoms with E-state index < -0.39 is 5.60 Å². The molecule has 2 aromatic carbocycles. The largest absolute Gasteiger partial charge is 0.380 e. The first-order chi connectivity index (χ1) is 8.94. The SMILES string of the molecule is Cc1ccc2c(c1)C(O)(C(C)C)c1cc(C)ccc1-2. The van der Waals surface area contributed by atoms with E-state index >= 15 is 0 Å². The number of fused-ring (bicyclic) bond motifs is 3. The molecule has 98 valence electrons. The molecule has 0 fully saturated rings. The molecule has 2 aromatic rings. The third-order valence-corrected chi connectivity index (χ3v) is 4.30. The first-order valence-corrected chi connectivity index (χ1v) is 6.89. The monoisotopic (exact) mass is 252 g/mol. The summed E-state index contributed by atoms with van der Waals surface area (Å²) in [5.41, 5.74) is 6.01. The Morgan fingerprint density at radius 3 is 1.63 bits per heavy atom. The lowest BCUT2D eigenvalue weighted by atomic mass is 9.81. The van der Waals surface area contributed by atoms with Gasteiger partial charge in [-0.25, -0.2) is 0 Å². The summed E-state index contributed by atoms with van der Waals surface area (Å²) in [4.78, 5) is 0. The van der Waals surface area contributed by atoms with E-state index in [-0.39, 0.29) is 5.92 Å². The number of aliphatic hydroxyl groups is 1. The average molecular weight is 252 g/mol. The van der Waals surface area contributed by atoms with Crippen molar-refractivity contribution in [1.29, 1.82) is 0 Å². The van der Waals surface area contributed by atoms with Crippen LogP contribution in [0.1, 0.15) is 36.1 Å². The quantitative estimate of drug-likeness (QED) is 0.807. The molecule has 1 aliphatic rings. The van der Waals surface area contributed by atoms with Gasteiger partial charge < -0.3 is 5.11 Å². The van der Waals surface area contributed by atoms with Gasteiger partial charge in [0.2, 0.25) is 0 Å². The Bertz CT molecular complexity index is 601. The summed E-state index contributed by atoms with van der Waals surface area (Å²) in [6.07, 6.45) is 0. The van der Waals surface area contributed by atoms with E-state index in [0.29, 0.717) is 0 Å². The molecule has 0 spiro atoms. The van der Waals surface area contributed by atoms with Gasteiger partial charge in [0.1, 0.15) is 5.60 Å². The van der Waals surface area contributed by atoms with Crippen LogP contribution in [0.2, 0.25) is 0 Å². The van der Waals surface area contributed by atoms with Gasteiger partial charge >= 0.3 is 0 Å². The predicted octanol–water partition coefficient (Wildman–Crippen LogP) is 4.18. The van der Waals surface area contributed by atoms with Crippen LogP contribution >= 0.6 is 0 Å². The summed E-state index contributed by atoms with van der Waals surface area (Å²) in [5.74, 6) is 0.149. The number of aryl methyl sites for hydroxylation is 2. The van der Waals surface area contributed by atoms with Gasteiger partial charge in [0.15, 0.2) is 0 Å². The van der Waals surface area contributed by atoms with Crippen LogP contribution in [0.15, 0.2) is 36.4 Å². The van der Waals surface area contributed by atoms with Crippen molar-refractivity contribution >= 4 is 0 Å². The maximum absolute atomic E-state index is 11.3. The second-order valence-corrected chi connectivity index (χ2v) is 6.02. The molecule has 0 bridgehead atoms. The van der Waals surface area contributed by atoms with Crippen LogP contribution in [0.4, 0.5) is 0 Å². The van der Waals surface area contributed by atoms with Crippen molar-refractivity contribution < 1.29 is 5.11 Å². The summed E-state index contributed by atoms with van der Waals surface area (Å²) in [6.45, 7) is 8.33. The minimum Gasteiger partial charge on any atom is -0.380 e. The van der Waals surface area contributed by atoms with Crippen molar-refractivity contribution in [3.8, 4) is 11.1 Å². The Morgan fingerprint density at radius 2 is 1.26 bits per heavy atom. The smallest absolute Gasteiger partial charge is 0.118 e. The summed E-state index contributed by atoms with van der Waals surface area (Å²) >= 11 is 0. The molecule has 0 unspecified atom stereocenters. The Labute approximate surface area is 114 Å². The van der Waals surface area contributed by atoms with E-state index in [2.05, 4.69) is 64.1 Å². The molecule has 0 heterocycles. The van der Waals surface area contributed by atoms with Crippen molar-refractivity contribution in [2.75, 3.05) is 0 Å². The standard InChI is InChI=1S/C18H20O/c1-11(2)18(19)16-9-12(3)5-7-14(16)15-8-6-13(4)10-17(15)18/h5-11,19H,1-4H3. The second-order valence-electron chi connectivity index (χ2n) is 6.02. The molecule has 1 heteroatoms. The average Bonchev–Trinajstić information content (AvgIpc) is 2.60. The lowest BCUT2D eigenvalue weighted by molar-refractivity contribution is 0.0362. The third-order valence-electron chi connectivity index (χ3n) is 4.30. The topological polar surface area (TPSA) is 20.2 Å². The Hall–Kier alpha value is -1.60. The van der Waals surface area contributed by atoms with Crippen molar-refractivity contribution in [3.63, 3.8) is 0 Å². The van der Waals surface area contributed by atoms with Gasteiger partial charge in [0.25, 0.3) is 0 Å². The highest BCUT2D eigenvalue weighted by molar-refractivity contribution is 5.80. The third kappa shape index (κ3) is 1.58. The minimum atomic E-state index is -0.858. The van der Waals surface area contributed by atoms with Crippen molar-refractivity contribution in [1.82, 2.24) is 0 Å². The second kappa shape index (κ2) is 3.94. The zero-order valence-electron chi connectivity index (χ0n) is 12.0. The summed E-state index contributed by atoms with van der Waals surface area (Å²) in [5, 5.41) is 11.3. The first kappa shape index (κ1) is 12.4. The molecule has 1 nitrogen and oxygen atoms in total. The molecule has 0 saturated carbocycles.